The van der Waals surface area contributed by atoms with Crippen LogP contribution in [0, 0.1) is 11.6 Å². The summed E-state index contributed by atoms with van der Waals surface area (Å²) in [5, 5.41) is 10.5. The van der Waals surface area contributed by atoms with E-state index in [4.69, 9.17) is 11.6 Å². The van der Waals surface area contributed by atoms with Crippen LogP contribution in [0.3, 0.4) is 0 Å². The minimum absolute atomic E-state index is 0.0611. The van der Waals surface area contributed by atoms with Gasteiger partial charge in [0.1, 0.15) is 11.6 Å². The van der Waals surface area contributed by atoms with E-state index in [1.807, 2.05) is 13.8 Å². The summed E-state index contributed by atoms with van der Waals surface area (Å²) < 4.78 is 26.4. The molecule has 0 aliphatic carbocycles. The van der Waals surface area contributed by atoms with Crippen LogP contribution in [0.15, 0.2) is 42.5 Å². The Labute approximate surface area is 128 Å². The van der Waals surface area contributed by atoms with E-state index in [9.17, 15) is 13.9 Å². The Bertz CT molecular complexity index is 623. The van der Waals surface area contributed by atoms with Crippen molar-refractivity contribution in [3.05, 3.63) is 70.2 Å². The SMILES string of the molecule is CC(C)(c1ccc(F)cc1)C(O)Cc1ccc(Cl)c(F)c1. The van der Waals surface area contributed by atoms with E-state index in [-0.39, 0.29) is 10.8 Å². The lowest BCUT2D eigenvalue weighted by atomic mass is 9.77. The predicted molar refractivity (Wildman–Crippen MR) is 80.5 cm³/mol. The van der Waals surface area contributed by atoms with Gasteiger partial charge in [-0.15, -0.1) is 0 Å². The maximum absolute atomic E-state index is 13.4. The molecule has 1 atom stereocenters. The molecule has 0 amide bonds. The number of hydrogen-bond acceptors (Lipinski definition) is 1. The lowest BCUT2D eigenvalue weighted by Gasteiger charge is -2.31. The highest BCUT2D eigenvalue weighted by atomic mass is 35.5. The summed E-state index contributed by atoms with van der Waals surface area (Å²) in [6.07, 6.45) is -0.443. The standard InChI is InChI=1S/C17H17ClF2O/c1-17(2,12-4-6-13(19)7-5-12)16(21)10-11-3-8-14(18)15(20)9-11/h3-9,16,21H,10H2,1-2H3. The molecular weight excluding hydrogens is 294 g/mol. The molecule has 0 aliphatic rings. The van der Waals surface area contributed by atoms with Crippen LogP contribution < -0.4 is 0 Å². The summed E-state index contributed by atoms with van der Waals surface area (Å²) in [6.45, 7) is 3.74. The van der Waals surface area contributed by atoms with Crippen LogP contribution in [-0.4, -0.2) is 11.2 Å². The second kappa shape index (κ2) is 6.12. The van der Waals surface area contributed by atoms with Gasteiger partial charge in [0.15, 0.2) is 0 Å². The van der Waals surface area contributed by atoms with Gasteiger partial charge in [0.2, 0.25) is 0 Å². The van der Waals surface area contributed by atoms with E-state index in [2.05, 4.69) is 0 Å². The molecule has 1 unspecified atom stereocenters. The maximum atomic E-state index is 13.4. The minimum atomic E-state index is -0.733. The van der Waals surface area contributed by atoms with E-state index in [1.165, 1.54) is 24.3 Å². The van der Waals surface area contributed by atoms with Gasteiger partial charge in [-0.05, 0) is 41.8 Å². The molecule has 1 nitrogen and oxygen atoms in total. The zero-order valence-electron chi connectivity index (χ0n) is 11.9. The van der Waals surface area contributed by atoms with E-state index in [1.54, 1.807) is 18.2 Å². The van der Waals surface area contributed by atoms with Crippen molar-refractivity contribution >= 4 is 11.6 Å². The Balaban J connectivity index is 2.19. The van der Waals surface area contributed by atoms with Crippen molar-refractivity contribution in [1.82, 2.24) is 0 Å². The Hall–Kier alpha value is -1.45. The van der Waals surface area contributed by atoms with Crippen molar-refractivity contribution < 1.29 is 13.9 Å². The zero-order chi connectivity index (χ0) is 15.6. The van der Waals surface area contributed by atoms with Crippen molar-refractivity contribution in [2.45, 2.75) is 31.8 Å². The lowest BCUT2D eigenvalue weighted by Crippen LogP contribution is -2.35. The van der Waals surface area contributed by atoms with Crippen molar-refractivity contribution in [2.24, 2.45) is 0 Å². The molecular formula is C17H17ClF2O. The number of halogens is 3. The first kappa shape index (κ1) is 15.9. The predicted octanol–water partition coefficient (Wildman–Crippen LogP) is 4.50. The highest BCUT2D eigenvalue weighted by molar-refractivity contribution is 6.30. The summed E-state index contributed by atoms with van der Waals surface area (Å²) in [7, 11) is 0. The van der Waals surface area contributed by atoms with E-state index in [0.717, 1.165) is 5.56 Å². The van der Waals surface area contributed by atoms with Gasteiger partial charge >= 0.3 is 0 Å². The first-order valence-corrected chi connectivity index (χ1v) is 7.06. The van der Waals surface area contributed by atoms with Crippen LogP contribution in [0.4, 0.5) is 8.78 Å². The first-order chi connectivity index (χ1) is 9.80. The summed E-state index contributed by atoms with van der Waals surface area (Å²) in [4.78, 5) is 0. The number of benzene rings is 2. The van der Waals surface area contributed by atoms with Crippen molar-refractivity contribution in [3.8, 4) is 0 Å². The molecule has 0 radical (unpaired) electrons. The molecule has 21 heavy (non-hydrogen) atoms. The maximum Gasteiger partial charge on any atom is 0.142 e. The van der Waals surface area contributed by atoms with Crippen LogP contribution >= 0.6 is 11.6 Å². The molecule has 4 heteroatoms. The highest BCUT2D eigenvalue weighted by Crippen LogP contribution is 2.29. The van der Waals surface area contributed by atoms with Crippen LogP contribution in [0.5, 0.6) is 0 Å². The Kier molecular flexibility index (Phi) is 4.64. The van der Waals surface area contributed by atoms with Gasteiger partial charge in [-0.3, -0.25) is 0 Å². The third-order valence-electron chi connectivity index (χ3n) is 3.83. The van der Waals surface area contributed by atoms with Crippen molar-refractivity contribution in [3.63, 3.8) is 0 Å². The van der Waals surface area contributed by atoms with E-state index in [0.29, 0.717) is 12.0 Å². The summed E-state index contributed by atoms with van der Waals surface area (Å²) in [5.41, 5.74) is 0.912. The van der Waals surface area contributed by atoms with Gasteiger partial charge in [0.25, 0.3) is 0 Å². The molecule has 0 heterocycles. The average Bonchev–Trinajstić information content (AvgIpc) is 2.43. The van der Waals surface area contributed by atoms with Crippen LogP contribution in [0.2, 0.25) is 5.02 Å². The van der Waals surface area contributed by atoms with Crippen LogP contribution in [-0.2, 0) is 11.8 Å². The van der Waals surface area contributed by atoms with Gasteiger partial charge in [0, 0.05) is 5.41 Å². The van der Waals surface area contributed by atoms with Crippen LogP contribution in [0.1, 0.15) is 25.0 Å². The highest BCUT2D eigenvalue weighted by Gasteiger charge is 2.30. The number of rotatable bonds is 4. The molecule has 0 fully saturated rings. The molecule has 0 saturated carbocycles. The molecule has 0 aromatic heterocycles. The normalized spacial score (nSPS) is 13.2. The van der Waals surface area contributed by atoms with Crippen molar-refractivity contribution in [1.29, 1.82) is 0 Å². The molecule has 2 aromatic carbocycles. The van der Waals surface area contributed by atoms with Crippen LogP contribution in [0.25, 0.3) is 0 Å². The minimum Gasteiger partial charge on any atom is -0.392 e. The monoisotopic (exact) mass is 310 g/mol. The smallest absolute Gasteiger partial charge is 0.142 e. The summed E-state index contributed by atoms with van der Waals surface area (Å²) >= 11 is 5.64. The number of aliphatic hydroxyl groups is 1. The topological polar surface area (TPSA) is 20.2 Å². The van der Waals surface area contributed by atoms with Gasteiger partial charge < -0.3 is 5.11 Å². The van der Waals surface area contributed by atoms with Gasteiger partial charge in [-0.25, -0.2) is 8.78 Å². The molecule has 0 spiro atoms. The third-order valence-corrected chi connectivity index (χ3v) is 4.14. The molecule has 0 bridgehead atoms. The lowest BCUT2D eigenvalue weighted by molar-refractivity contribution is 0.0999. The van der Waals surface area contributed by atoms with E-state index >= 15 is 0 Å². The molecule has 2 aromatic rings. The number of hydrogen-bond donors (Lipinski definition) is 1. The average molecular weight is 311 g/mol. The molecule has 0 aliphatic heterocycles. The fourth-order valence-electron chi connectivity index (χ4n) is 2.22. The zero-order valence-corrected chi connectivity index (χ0v) is 12.7. The fraction of sp³-hybridized carbons (Fsp3) is 0.294. The Morgan fingerprint density at radius 1 is 1.10 bits per heavy atom. The van der Waals surface area contributed by atoms with E-state index < -0.39 is 17.3 Å². The first-order valence-electron chi connectivity index (χ1n) is 6.69. The second-order valence-electron chi connectivity index (χ2n) is 5.70. The molecule has 112 valence electrons. The number of aliphatic hydroxyl groups excluding tert-OH is 1. The second-order valence-corrected chi connectivity index (χ2v) is 6.10. The molecule has 1 N–H and O–H groups in total. The summed E-state index contributed by atoms with van der Waals surface area (Å²) in [5.74, 6) is -0.815. The molecule has 2 rings (SSSR count). The van der Waals surface area contributed by atoms with Crippen molar-refractivity contribution in [2.75, 3.05) is 0 Å². The van der Waals surface area contributed by atoms with Gasteiger partial charge in [0.05, 0.1) is 11.1 Å². The largest absolute Gasteiger partial charge is 0.392 e. The fourth-order valence-corrected chi connectivity index (χ4v) is 2.33. The Morgan fingerprint density at radius 3 is 2.29 bits per heavy atom. The van der Waals surface area contributed by atoms with Gasteiger partial charge in [-0.1, -0.05) is 43.6 Å². The van der Waals surface area contributed by atoms with Gasteiger partial charge in [-0.2, -0.15) is 0 Å². The molecule has 0 saturated heterocycles. The quantitative estimate of drug-likeness (QED) is 0.881. The third kappa shape index (κ3) is 3.60. The Morgan fingerprint density at radius 2 is 1.71 bits per heavy atom. The summed E-state index contributed by atoms with van der Waals surface area (Å²) in [6, 6.07) is 10.5.